The van der Waals surface area contributed by atoms with Crippen LogP contribution in [0.15, 0.2) is 48.5 Å². The fourth-order valence-corrected chi connectivity index (χ4v) is 3.46. The molecule has 0 saturated carbocycles. The number of hydrogen-bond donors (Lipinski definition) is 1. The van der Waals surface area contributed by atoms with Gasteiger partial charge in [-0.3, -0.25) is 9.69 Å². The molecule has 2 aromatic carbocycles. The number of nitrogens with zero attached hydrogens (tertiary/aromatic N) is 2. The molecule has 0 aromatic heterocycles. The van der Waals surface area contributed by atoms with Crippen molar-refractivity contribution >= 4 is 17.5 Å². The summed E-state index contributed by atoms with van der Waals surface area (Å²) in [7, 11) is 2.11. The van der Waals surface area contributed by atoms with Gasteiger partial charge in [-0.15, -0.1) is 0 Å². The van der Waals surface area contributed by atoms with Crippen LogP contribution in [0.4, 0.5) is 4.39 Å². The molecule has 1 amide bonds. The molecule has 1 N–H and O–H groups in total. The minimum Gasteiger partial charge on any atom is -0.354 e. The number of rotatable bonds is 6. The van der Waals surface area contributed by atoms with Gasteiger partial charge in [-0.1, -0.05) is 35.9 Å². The summed E-state index contributed by atoms with van der Waals surface area (Å²) in [5.41, 5.74) is 1.95. The van der Waals surface area contributed by atoms with Gasteiger partial charge in [-0.05, 0) is 42.4 Å². The Morgan fingerprint density at radius 2 is 1.70 bits per heavy atom. The molecule has 0 spiro atoms. The Labute approximate surface area is 164 Å². The first-order chi connectivity index (χ1) is 13.0. The average Bonchev–Trinajstić information content (AvgIpc) is 2.66. The molecule has 1 aliphatic rings. The van der Waals surface area contributed by atoms with Gasteiger partial charge in [-0.25, -0.2) is 4.39 Å². The SMILES string of the molecule is CN1CCN(C(CNC(=O)Cc2ccc(Cl)cc2)c2ccc(F)cc2)CC1. The predicted octanol–water partition coefficient (Wildman–Crippen LogP) is 3.13. The van der Waals surface area contributed by atoms with Crippen LogP contribution in [-0.4, -0.2) is 55.5 Å². The molecule has 6 heteroatoms. The maximum Gasteiger partial charge on any atom is 0.224 e. The van der Waals surface area contributed by atoms with E-state index in [9.17, 15) is 9.18 Å². The van der Waals surface area contributed by atoms with Gasteiger partial charge in [0.2, 0.25) is 5.91 Å². The highest BCUT2D eigenvalue weighted by molar-refractivity contribution is 6.30. The first-order valence-corrected chi connectivity index (χ1v) is 9.58. The molecule has 1 saturated heterocycles. The quantitative estimate of drug-likeness (QED) is 0.824. The zero-order valence-electron chi connectivity index (χ0n) is 15.5. The highest BCUT2D eigenvalue weighted by atomic mass is 35.5. The molecule has 1 atom stereocenters. The molecule has 4 nitrogen and oxygen atoms in total. The number of nitrogens with one attached hydrogen (secondary N) is 1. The van der Waals surface area contributed by atoms with Crippen molar-refractivity contribution in [2.24, 2.45) is 0 Å². The second kappa shape index (κ2) is 9.31. The standard InChI is InChI=1S/C21H25ClFN3O/c1-25-10-12-26(13-11-25)20(17-4-8-19(23)9-5-17)15-24-21(27)14-16-2-6-18(22)7-3-16/h2-9,20H,10-15H2,1H3,(H,24,27). The van der Waals surface area contributed by atoms with Crippen molar-refractivity contribution < 1.29 is 9.18 Å². The second-order valence-corrected chi connectivity index (χ2v) is 7.45. The number of amides is 1. The van der Waals surface area contributed by atoms with Crippen molar-refractivity contribution in [3.8, 4) is 0 Å². The largest absolute Gasteiger partial charge is 0.354 e. The van der Waals surface area contributed by atoms with Crippen molar-refractivity contribution in [2.75, 3.05) is 39.8 Å². The maximum absolute atomic E-state index is 13.3. The Balaban J connectivity index is 1.64. The summed E-state index contributed by atoms with van der Waals surface area (Å²) >= 11 is 5.89. The van der Waals surface area contributed by atoms with Gasteiger partial charge in [0.05, 0.1) is 12.5 Å². The molecule has 1 heterocycles. The Morgan fingerprint density at radius 3 is 2.33 bits per heavy atom. The summed E-state index contributed by atoms with van der Waals surface area (Å²) in [6.45, 7) is 4.31. The van der Waals surface area contributed by atoms with Crippen LogP contribution >= 0.6 is 11.6 Å². The van der Waals surface area contributed by atoms with E-state index in [0.717, 1.165) is 37.3 Å². The molecule has 2 aromatic rings. The van der Waals surface area contributed by atoms with Crippen LogP contribution in [0.5, 0.6) is 0 Å². The normalized spacial score (nSPS) is 16.9. The minimum absolute atomic E-state index is 0.0291. The Hall–Kier alpha value is -1.95. The summed E-state index contributed by atoms with van der Waals surface area (Å²) in [6.07, 6.45) is 0.316. The minimum atomic E-state index is -0.248. The van der Waals surface area contributed by atoms with Crippen LogP contribution in [0.2, 0.25) is 5.02 Å². The van der Waals surface area contributed by atoms with E-state index in [4.69, 9.17) is 11.6 Å². The Morgan fingerprint density at radius 1 is 1.07 bits per heavy atom. The van der Waals surface area contributed by atoms with Crippen LogP contribution < -0.4 is 5.32 Å². The Bertz CT molecular complexity index is 743. The van der Waals surface area contributed by atoms with Gasteiger partial charge in [0, 0.05) is 37.7 Å². The van der Waals surface area contributed by atoms with E-state index in [1.807, 2.05) is 24.3 Å². The third kappa shape index (κ3) is 5.76. The monoisotopic (exact) mass is 389 g/mol. The summed E-state index contributed by atoms with van der Waals surface area (Å²) < 4.78 is 13.3. The molecule has 1 unspecified atom stereocenters. The predicted molar refractivity (Wildman–Crippen MR) is 106 cm³/mol. The van der Waals surface area contributed by atoms with E-state index in [2.05, 4.69) is 22.2 Å². The highest BCUT2D eigenvalue weighted by Gasteiger charge is 2.24. The highest BCUT2D eigenvalue weighted by Crippen LogP contribution is 2.22. The number of carbonyl (C=O) groups excluding carboxylic acids is 1. The van der Waals surface area contributed by atoms with Crippen molar-refractivity contribution in [2.45, 2.75) is 12.5 Å². The summed E-state index contributed by atoms with van der Waals surface area (Å²) in [5, 5.41) is 3.70. The molecule has 0 bridgehead atoms. The van der Waals surface area contributed by atoms with E-state index < -0.39 is 0 Å². The smallest absolute Gasteiger partial charge is 0.224 e. The number of benzene rings is 2. The van der Waals surface area contributed by atoms with Crippen LogP contribution in [0.3, 0.4) is 0 Å². The molecular weight excluding hydrogens is 365 g/mol. The van der Waals surface area contributed by atoms with E-state index in [-0.39, 0.29) is 17.8 Å². The van der Waals surface area contributed by atoms with Crippen molar-refractivity contribution in [3.05, 3.63) is 70.5 Å². The van der Waals surface area contributed by atoms with Gasteiger partial charge < -0.3 is 10.2 Å². The van der Waals surface area contributed by atoms with Crippen molar-refractivity contribution in [1.29, 1.82) is 0 Å². The zero-order valence-corrected chi connectivity index (χ0v) is 16.3. The number of likely N-dealkylation sites (N-methyl/N-ethyl adjacent to an activating group) is 1. The van der Waals surface area contributed by atoms with E-state index >= 15 is 0 Å². The lowest BCUT2D eigenvalue weighted by molar-refractivity contribution is -0.120. The summed E-state index contributed by atoms with van der Waals surface area (Å²) in [5.74, 6) is -0.277. The molecule has 3 rings (SSSR count). The topological polar surface area (TPSA) is 35.6 Å². The van der Waals surface area contributed by atoms with Gasteiger partial charge >= 0.3 is 0 Å². The zero-order chi connectivity index (χ0) is 19.2. The first-order valence-electron chi connectivity index (χ1n) is 9.20. The number of halogens is 2. The lowest BCUT2D eigenvalue weighted by Gasteiger charge is -2.38. The lowest BCUT2D eigenvalue weighted by atomic mass is 10.0. The summed E-state index contributed by atoms with van der Waals surface area (Å²) in [4.78, 5) is 17.0. The van der Waals surface area contributed by atoms with Crippen molar-refractivity contribution in [3.63, 3.8) is 0 Å². The lowest BCUT2D eigenvalue weighted by Crippen LogP contribution is -2.48. The molecule has 27 heavy (non-hydrogen) atoms. The molecule has 1 aliphatic heterocycles. The van der Waals surface area contributed by atoms with Crippen molar-refractivity contribution in [1.82, 2.24) is 15.1 Å². The van der Waals surface area contributed by atoms with Crippen LogP contribution in [0, 0.1) is 5.82 Å². The van der Waals surface area contributed by atoms with Gasteiger partial charge in [-0.2, -0.15) is 0 Å². The van der Waals surface area contributed by atoms with E-state index in [1.54, 1.807) is 12.1 Å². The molecule has 144 valence electrons. The maximum atomic E-state index is 13.3. The molecule has 0 aliphatic carbocycles. The van der Waals surface area contributed by atoms with E-state index in [0.29, 0.717) is 18.0 Å². The number of hydrogen-bond acceptors (Lipinski definition) is 3. The van der Waals surface area contributed by atoms with Crippen LogP contribution in [0.25, 0.3) is 0 Å². The third-order valence-corrected chi connectivity index (χ3v) is 5.26. The average molecular weight is 390 g/mol. The van der Waals surface area contributed by atoms with E-state index in [1.165, 1.54) is 12.1 Å². The second-order valence-electron chi connectivity index (χ2n) is 7.01. The number of carbonyl (C=O) groups is 1. The third-order valence-electron chi connectivity index (χ3n) is 5.00. The number of piperazine rings is 1. The first kappa shape index (κ1) is 19.8. The van der Waals surface area contributed by atoms with Crippen LogP contribution in [0.1, 0.15) is 17.2 Å². The van der Waals surface area contributed by atoms with Crippen LogP contribution in [-0.2, 0) is 11.2 Å². The van der Waals surface area contributed by atoms with Gasteiger partial charge in [0.15, 0.2) is 0 Å². The fraction of sp³-hybridized carbons (Fsp3) is 0.381. The van der Waals surface area contributed by atoms with Gasteiger partial charge in [0.1, 0.15) is 5.82 Å². The fourth-order valence-electron chi connectivity index (χ4n) is 3.34. The van der Waals surface area contributed by atoms with Gasteiger partial charge in [0.25, 0.3) is 0 Å². The summed E-state index contributed by atoms with van der Waals surface area (Å²) in [6, 6.07) is 13.9. The molecule has 1 fully saturated rings. The Kier molecular flexibility index (Phi) is 6.83. The molecular formula is C21H25ClFN3O. The molecule has 0 radical (unpaired) electrons.